The van der Waals surface area contributed by atoms with E-state index >= 15 is 0 Å². The topological polar surface area (TPSA) is 36.4 Å². The van der Waals surface area contributed by atoms with E-state index in [-0.39, 0.29) is 11.1 Å². The highest BCUT2D eigenvalue weighted by Crippen LogP contribution is 2.15. The third-order valence-corrected chi connectivity index (χ3v) is 3.30. The Bertz CT molecular complexity index is 410. The van der Waals surface area contributed by atoms with E-state index in [0.29, 0.717) is 5.56 Å². The Kier molecular flexibility index (Phi) is 3.97. The van der Waals surface area contributed by atoms with Crippen LogP contribution in [0.5, 0.6) is 0 Å². The standard InChI is InChI=1S/C12H16ClN3O/c1-15-6-3-7-16(9-8-15)12(17)10-4-2-5-14-11(10)13/h2,4-5H,3,6-9H2,1H3. The lowest BCUT2D eigenvalue weighted by Crippen LogP contribution is -2.34. The van der Waals surface area contributed by atoms with Crippen molar-refractivity contribution >= 4 is 17.5 Å². The average Bonchev–Trinajstić information content (AvgIpc) is 2.54. The molecule has 0 unspecified atom stereocenters. The zero-order valence-corrected chi connectivity index (χ0v) is 10.7. The molecule has 0 saturated carbocycles. The maximum atomic E-state index is 12.3. The van der Waals surface area contributed by atoms with Gasteiger partial charge in [0.15, 0.2) is 0 Å². The van der Waals surface area contributed by atoms with E-state index in [4.69, 9.17) is 11.6 Å². The molecule has 0 N–H and O–H groups in total. The summed E-state index contributed by atoms with van der Waals surface area (Å²) in [7, 11) is 2.07. The molecule has 1 fully saturated rings. The highest BCUT2D eigenvalue weighted by atomic mass is 35.5. The van der Waals surface area contributed by atoms with Gasteiger partial charge in [-0.05, 0) is 32.1 Å². The van der Waals surface area contributed by atoms with Crippen LogP contribution in [-0.2, 0) is 0 Å². The number of rotatable bonds is 1. The van der Waals surface area contributed by atoms with Gasteiger partial charge in [-0.15, -0.1) is 0 Å². The lowest BCUT2D eigenvalue weighted by Gasteiger charge is -2.20. The Morgan fingerprint density at radius 1 is 1.35 bits per heavy atom. The number of aromatic nitrogens is 1. The predicted octanol–water partition coefficient (Wildman–Crippen LogP) is 1.51. The number of hydrogen-bond donors (Lipinski definition) is 0. The van der Waals surface area contributed by atoms with Crippen molar-refractivity contribution in [3.8, 4) is 0 Å². The summed E-state index contributed by atoms with van der Waals surface area (Å²) in [5.41, 5.74) is 0.499. The Morgan fingerprint density at radius 2 is 2.18 bits per heavy atom. The van der Waals surface area contributed by atoms with Crippen LogP contribution in [0.3, 0.4) is 0 Å². The zero-order valence-electron chi connectivity index (χ0n) is 9.90. The van der Waals surface area contributed by atoms with Crippen LogP contribution in [0.15, 0.2) is 18.3 Å². The van der Waals surface area contributed by atoms with Gasteiger partial charge in [-0.2, -0.15) is 0 Å². The summed E-state index contributed by atoms with van der Waals surface area (Å²) in [4.78, 5) is 20.3. The normalized spacial score (nSPS) is 17.9. The maximum absolute atomic E-state index is 12.3. The molecule has 5 heteroatoms. The molecule has 2 rings (SSSR count). The third kappa shape index (κ3) is 2.96. The van der Waals surface area contributed by atoms with E-state index in [2.05, 4.69) is 16.9 Å². The summed E-state index contributed by atoms with van der Waals surface area (Å²) >= 11 is 5.94. The molecule has 17 heavy (non-hydrogen) atoms. The largest absolute Gasteiger partial charge is 0.337 e. The SMILES string of the molecule is CN1CCCN(C(=O)c2cccnc2Cl)CC1. The number of likely N-dealkylation sites (N-methyl/N-ethyl adjacent to an activating group) is 1. The van der Waals surface area contributed by atoms with Crippen molar-refractivity contribution in [2.24, 2.45) is 0 Å². The summed E-state index contributed by atoms with van der Waals surface area (Å²) in [6.45, 7) is 3.48. The van der Waals surface area contributed by atoms with E-state index in [0.717, 1.165) is 32.6 Å². The Morgan fingerprint density at radius 3 is 2.94 bits per heavy atom. The number of halogens is 1. The van der Waals surface area contributed by atoms with E-state index in [9.17, 15) is 4.79 Å². The van der Waals surface area contributed by atoms with Crippen LogP contribution in [0.1, 0.15) is 16.8 Å². The van der Waals surface area contributed by atoms with Crippen LogP contribution < -0.4 is 0 Å². The fourth-order valence-corrected chi connectivity index (χ4v) is 2.17. The molecule has 0 aliphatic carbocycles. The predicted molar refractivity (Wildman–Crippen MR) is 67.3 cm³/mol. The molecule has 1 aliphatic heterocycles. The first-order valence-electron chi connectivity index (χ1n) is 5.77. The van der Waals surface area contributed by atoms with Gasteiger partial charge in [-0.25, -0.2) is 4.98 Å². The van der Waals surface area contributed by atoms with Crippen molar-refractivity contribution in [1.29, 1.82) is 0 Å². The van der Waals surface area contributed by atoms with Crippen molar-refractivity contribution in [3.05, 3.63) is 29.0 Å². The molecule has 1 aromatic rings. The first kappa shape index (κ1) is 12.3. The van der Waals surface area contributed by atoms with Crippen molar-refractivity contribution < 1.29 is 4.79 Å². The number of carbonyl (C=O) groups excluding carboxylic acids is 1. The van der Waals surface area contributed by atoms with E-state index in [1.165, 1.54) is 0 Å². The van der Waals surface area contributed by atoms with Crippen molar-refractivity contribution in [1.82, 2.24) is 14.8 Å². The quantitative estimate of drug-likeness (QED) is 0.712. The molecule has 2 heterocycles. The third-order valence-electron chi connectivity index (χ3n) is 3.00. The highest BCUT2D eigenvalue weighted by Gasteiger charge is 2.20. The summed E-state index contributed by atoms with van der Waals surface area (Å²) in [5.74, 6) is -0.0154. The van der Waals surface area contributed by atoms with Gasteiger partial charge in [-0.3, -0.25) is 4.79 Å². The van der Waals surface area contributed by atoms with E-state index in [1.807, 2.05) is 4.90 Å². The second-order valence-corrected chi connectivity index (χ2v) is 4.65. The first-order valence-corrected chi connectivity index (χ1v) is 6.14. The minimum Gasteiger partial charge on any atom is -0.337 e. The van der Waals surface area contributed by atoms with Gasteiger partial charge in [0.25, 0.3) is 5.91 Å². The fourth-order valence-electron chi connectivity index (χ4n) is 1.97. The van der Waals surface area contributed by atoms with Crippen LogP contribution >= 0.6 is 11.6 Å². The first-order chi connectivity index (χ1) is 8.18. The summed E-state index contributed by atoms with van der Waals surface area (Å²) < 4.78 is 0. The zero-order chi connectivity index (χ0) is 12.3. The number of pyridine rings is 1. The van der Waals surface area contributed by atoms with Gasteiger partial charge in [0, 0.05) is 25.8 Å². The molecular weight excluding hydrogens is 238 g/mol. The van der Waals surface area contributed by atoms with Crippen molar-refractivity contribution in [2.45, 2.75) is 6.42 Å². The van der Waals surface area contributed by atoms with Gasteiger partial charge in [0.2, 0.25) is 0 Å². The average molecular weight is 254 g/mol. The summed E-state index contributed by atoms with van der Waals surface area (Å²) in [6, 6.07) is 3.47. The summed E-state index contributed by atoms with van der Waals surface area (Å²) in [6.07, 6.45) is 2.59. The number of carbonyl (C=O) groups is 1. The van der Waals surface area contributed by atoms with Gasteiger partial charge >= 0.3 is 0 Å². The maximum Gasteiger partial charge on any atom is 0.257 e. The molecule has 1 aliphatic rings. The smallest absolute Gasteiger partial charge is 0.257 e. The molecular formula is C12H16ClN3O. The number of amides is 1. The van der Waals surface area contributed by atoms with Crippen LogP contribution in [0.2, 0.25) is 5.15 Å². The van der Waals surface area contributed by atoms with Crippen LogP contribution in [0.25, 0.3) is 0 Å². The molecule has 0 aromatic carbocycles. The molecule has 0 spiro atoms. The number of hydrogen-bond acceptors (Lipinski definition) is 3. The Balaban J connectivity index is 2.12. The second-order valence-electron chi connectivity index (χ2n) is 4.29. The van der Waals surface area contributed by atoms with Crippen LogP contribution in [0, 0.1) is 0 Å². The molecule has 1 saturated heterocycles. The molecule has 1 amide bonds. The molecule has 0 radical (unpaired) electrons. The van der Waals surface area contributed by atoms with E-state index in [1.54, 1.807) is 18.3 Å². The Labute approximate surface area is 106 Å². The van der Waals surface area contributed by atoms with Gasteiger partial charge in [0.1, 0.15) is 5.15 Å². The second kappa shape index (κ2) is 5.47. The minimum atomic E-state index is -0.0154. The van der Waals surface area contributed by atoms with Gasteiger partial charge in [0.05, 0.1) is 5.56 Å². The Hall–Kier alpha value is -1.13. The van der Waals surface area contributed by atoms with Crippen LogP contribution in [0.4, 0.5) is 0 Å². The lowest BCUT2D eigenvalue weighted by molar-refractivity contribution is 0.0762. The van der Waals surface area contributed by atoms with Gasteiger partial charge in [-0.1, -0.05) is 11.6 Å². The highest BCUT2D eigenvalue weighted by molar-refractivity contribution is 6.32. The fraction of sp³-hybridized carbons (Fsp3) is 0.500. The summed E-state index contributed by atoms with van der Waals surface area (Å²) in [5, 5.41) is 0.287. The molecule has 92 valence electrons. The minimum absolute atomic E-state index is 0.0154. The van der Waals surface area contributed by atoms with Crippen LogP contribution in [-0.4, -0.2) is 53.9 Å². The molecule has 0 bridgehead atoms. The number of nitrogens with zero attached hydrogens (tertiary/aromatic N) is 3. The molecule has 1 aromatic heterocycles. The lowest BCUT2D eigenvalue weighted by atomic mass is 10.2. The van der Waals surface area contributed by atoms with E-state index < -0.39 is 0 Å². The molecule has 4 nitrogen and oxygen atoms in total. The molecule has 0 atom stereocenters. The van der Waals surface area contributed by atoms with Crippen molar-refractivity contribution in [3.63, 3.8) is 0 Å². The van der Waals surface area contributed by atoms with Crippen molar-refractivity contribution in [2.75, 3.05) is 33.2 Å². The van der Waals surface area contributed by atoms with Gasteiger partial charge < -0.3 is 9.80 Å². The monoisotopic (exact) mass is 253 g/mol.